The molecule has 12 aromatic rings. The molecule has 286 valence electrons. The fraction of sp³-hybridized carbons (Fsp3) is 0.0508. The maximum atomic E-state index is 7.02. The van der Waals surface area contributed by atoms with Crippen molar-refractivity contribution in [3.8, 4) is 22.3 Å². The molecule has 1 aliphatic rings. The maximum Gasteiger partial charge on any atom is 0.143 e. The van der Waals surface area contributed by atoms with E-state index in [9.17, 15) is 0 Å². The summed E-state index contributed by atoms with van der Waals surface area (Å²) in [5, 5.41) is 14.5. The van der Waals surface area contributed by atoms with Crippen molar-refractivity contribution in [2.75, 3.05) is 4.90 Å². The Labute approximate surface area is 353 Å². The molecule has 1 aromatic heterocycles. The van der Waals surface area contributed by atoms with Gasteiger partial charge in [0, 0.05) is 38.7 Å². The highest BCUT2D eigenvalue weighted by molar-refractivity contribution is 6.28. The molecule has 1 aliphatic carbocycles. The molecular formula is C59H39NO. The Bertz CT molecular complexity index is 3810. The fourth-order valence-corrected chi connectivity index (χ4v) is 10.7. The van der Waals surface area contributed by atoms with E-state index in [1.807, 2.05) is 0 Å². The van der Waals surface area contributed by atoms with Gasteiger partial charge in [-0.3, -0.25) is 0 Å². The van der Waals surface area contributed by atoms with Crippen molar-refractivity contribution in [3.05, 3.63) is 211 Å². The number of anilines is 3. The second-order valence-corrected chi connectivity index (χ2v) is 17.2. The Hall–Kier alpha value is -7.68. The number of hydrogen-bond acceptors (Lipinski definition) is 2. The van der Waals surface area contributed by atoms with Crippen LogP contribution in [-0.2, 0) is 5.41 Å². The van der Waals surface area contributed by atoms with Crippen LogP contribution in [-0.4, -0.2) is 0 Å². The molecule has 2 nitrogen and oxygen atoms in total. The SMILES string of the molecule is CC1(C)c2ccccc2-c2ccc(N(c3ccc4ccccc4c3)c3cc4c5ccccc5c5ccccc5c4cc3-c3cccc4c3oc3ccc5ccccc5c34)cc21. The molecule has 0 fully saturated rings. The number of rotatable bonds is 4. The predicted octanol–water partition coefficient (Wildman–Crippen LogP) is 16.8. The van der Waals surface area contributed by atoms with Gasteiger partial charge >= 0.3 is 0 Å². The summed E-state index contributed by atoms with van der Waals surface area (Å²) in [4.78, 5) is 2.50. The van der Waals surface area contributed by atoms with Crippen LogP contribution < -0.4 is 4.90 Å². The minimum atomic E-state index is -0.166. The van der Waals surface area contributed by atoms with E-state index in [4.69, 9.17) is 4.42 Å². The van der Waals surface area contributed by atoms with Gasteiger partial charge in [-0.2, -0.15) is 0 Å². The highest BCUT2D eigenvalue weighted by Crippen LogP contribution is 2.53. The van der Waals surface area contributed by atoms with E-state index in [2.05, 4.69) is 219 Å². The standard InChI is InChI=1S/C59H39NO/c1-59(2)53-25-12-11-22-46(53)47-30-29-40(33-54(47)59)60(39-28-26-36-14-3-4-16-38(36)32-39)55-35-51-45-21-10-8-19-43(45)42-18-7-9-20-44(42)50(51)34-52(55)48-23-13-24-49-57-41-17-6-5-15-37(41)27-31-56(57)61-58(48)49/h3-35H,1-2H3. The summed E-state index contributed by atoms with van der Waals surface area (Å²) < 4.78 is 7.02. The van der Waals surface area contributed by atoms with Gasteiger partial charge in [-0.1, -0.05) is 172 Å². The lowest BCUT2D eigenvalue weighted by atomic mass is 9.82. The first kappa shape index (κ1) is 34.2. The zero-order valence-corrected chi connectivity index (χ0v) is 33.9. The van der Waals surface area contributed by atoms with Gasteiger partial charge < -0.3 is 9.32 Å². The zero-order chi connectivity index (χ0) is 40.4. The number of nitrogens with zero attached hydrogens (tertiary/aromatic N) is 1. The monoisotopic (exact) mass is 777 g/mol. The van der Waals surface area contributed by atoms with Crippen molar-refractivity contribution in [1.82, 2.24) is 0 Å². The van der Waals surface area contributed by atoms with Crippen LogP contribution in [0.3, 0.4) is 0 Å². The van der Waals surface area contributed by atoms with Crippen LogP contribution >= 0.6 is 0 Å². The topological polar surface area (TPSA) is 16.4 Å². The number of para-hydroxylation sites is 1. The van der Waals surface area contributed by atoms with Crippen LogP contribution in [0, 0.1) is 0 Å². The minimum absolute atomic E-state index is 0.166. The number of benzene rings is 11. The van der Waals surface area contributed by atoms with Crippen LogP contribution in [0.2, 0.25) is 0 Å². The summed E-state index contributed by atoms with van der Waals surface area (Å²) >= 11 is 0. The van der Waals surface area contributed by atoms with Crippen molar-refractivity contribution in [1.29, 1.82) is 0 Å². The first-order chi connectivity index (χ1) is 30.0. The Morgan fingerprint density at radius 2 is 0.918 bits per heavy atom. The second-order valence-electron chi connectivity index (χ2n) is 17.2. The van der Waals surface area contributed by atoms with Gasteiger partial charge in [0.15, 0.2) is 0 Å². The lowest BCUT2D eigenvalue weighted by molar-refractivity contribution is 0.660. The molecule has 0 radical (unpaired) electrons. The van der Waals surface area contributed by atoms with Crippen molar-refractivity contribution in [2.24, 2.45) is 0 Å². The number of furan rings is 1. The molecule has 11 aromatic carbocycles. The van der Waals surface area contributed by atoms with Gasteiger partial charge in [0.1, 0.15) is 11.2 Å². The van der Waals surface area contributed by atoms with E-state index in [0.717, 1.165) is 50.1 Å². The molecule has 0 N–H and O–H groups in total. The molecule has 2 heteroatoms. The third-order valence-corrected chi connectivity index (χ3v) is 13.6. The largest absolute Gasteiger partial charge is 0.455 e. The second kappa shape index (κ2) is 12.7. The molecule has 61 heavy (non-hydrogen) atoms. The van der Waals surface area contributed by atoms with Crippen LogP contribution in [0.4, 0.5) is 17.1 Å². The lowest BCUT2D eigenvalue weighted by Gasteiger charge is -2.30. The fourth-order valence-electron chi connectivity index (χ4n) is 10.7. The Balaban J connectivity index is 1.18. The first-order valence-corrected chi connectivity index (χ1v) is 21.3. The molecule has 0 atom stereocenters. The third-order valence-electron chi connectivity index (χ3n) is 13.6. The highest BCUT2D eigenvalue weighted by Gasteiger charge is 2.36. The Kier molecular flexibility index (Phi) is 7.10. The molecule has 0 saturated carbocycles. The van der Waals surface area contributed by atoms with Crippen LogP contribution in [0.25, 0.3) is 98.1 Å². The normalized spacial score (nSPS) is 13.2. The average Bonchev–Trinajstić information content (AvgIpc) is 3.81. The summed E-state index contributed by atoms with van der Waals surface area (Å²) in [7, 11) is 0. The van der Waals surface area contributed by atoms with Crippen LogP contribution in [0.5, 0.6) is 0 Å². The quantitative estimate of drug-likeness (QED) is 0.166. The summed E-state index contributed by atoms with van der Waals surface area (Å²) in [6.45, 7) is 4.74. The lowest BCUT2D eigenvalue weighted by Crippen LogP contribution is -2.17. The van der Waals surface area contributed by atoms with Gasteiger partial charge in [0.05, 0.1) is 5.69 Å². The molecule has 13 rings (SSSR count). The maximum absolute atomic E-state index is 7.02. The van der Waals surface area contributed by atoms with E-state index in [1.165, 1.54) is 76.1 Å². The number of fused-ring (bicyclic) bond motifs is 15. The van der Waals surface area contributed by atoms with Gasteiger partial charge in [-0.15, -0.1) is 0 Å². The van der Waals surface area contributed by atoms with E-state index in [0.29, 0.717) is 0 Å². The average molecular weight is 778 g/mol. The molecular weight excluding hydrogens is 739 g/mol. The summed E-state index contributed by atoms with van der Waals surface area (Å²) in [5.74, 6) is 0. The predicted molar refractivity (Wildman–Crippen MR) is 259 cm³/mol. The summed E-state index contributed by atoms with van der Waals surface area (Å²) in [5.41, 5.74) is 12.4. The summed E-state index contributed by atoms with van der Waals surface area (Å²) in [6.07, 6.45) is 0. The van der Waals surface area contributed by atoms with E-state index >= 15 is 0 Å². The smallest absolute Gasteiger partial charge is 0.143 e. The highest BCUT2D eigenvalue weighted by atomic mass is 16.3. The molecule has 0 spiro atoms. The van der Waals surface area contributed by atoms with Crippen molar-refractivity contribution in [2.45, 2.75) is 19.3 Å². The van der Waals surface area contributed by atoms with Crippen LogP contribution in [0.15, 0.2) is 205 Å². The summed E-state index contributed by atoms with van der Waals surface area (Å²) in [6, 6.07) is 73.9. The Morgan fingerprint density at radius 1 is 0.361 bits per heavy atom. The van der Waals surface area contributed by atoms with Gasteiger partial charge in [-0.05, 0) is 119 Å². The van der Waals surface area contributed by atoms with Gasteiger partial charge in [0.2, 0.25) is 0 Å². The van der Waals surface area contributed by atoms with Crippen LogP contribution in [0.1, 0.15) is 25.0 Å². The van der Waals surface area contributed by atoms with Gasteiger partial charge in [0.25, 0.3) is 0 Å². The van der Waals surface area contributed by atoms with Crippen molar-refractivity contribution < 1.29 is 4.42 Å². The molecule has 0 amide bonds. The Morgan fingerprint density at radius 3 is 1.70 bits per heavy atom. The van der Waals surface area contributed by atoms with E-state index < -0.39 is 0 Å². The molecule has 0 aliphatic heterocycles. The minimum Gasteiger partial charge on any atom is -0.455 e. The van der Waals surface area contributed by atoms with Gasteiger partial charge in [-0.25, -0.2) is 0 Å². The first-order valence-electron chi connectivity index (χ1n) is 21.3. The molecule has 0 saturated heterocycles. The van der Waals surface area contributed by atoms with Crippen molar-refractivity contribution in [3.63, 3.8) is 0 Å². The van der Waals surface area contributed by atoms with Crippen molar-refractivity contribution >= 4 is 92.9 Å². The molecule has 1 heterocycles. The van der Waals surface area contributed by atoms with E-state index in [1.54, 1.807) is 0 Å². The zero-order valence-electron chi connectivity index (χ0n) is 33.9. The molecule has 0 bridgehead atoms. The number of hydrogen-bond donors (Lipinski definition) is 0. The molecule has 0 unspecified atom stereocenters. The third kappa shape index (κ3) is 4.91. The van der Waals surface area contributed by atoms with E-state index in [-0.39, 0.29) is 5.41 Å².